The van der Waals surface area contributed by atoms with Crippen LogP contribution in [0.2, 0.25) is 0 Å². The largest absolute Gasteiger partial charge is 0.406 e. The highest BCUT2D eigenvalue weighted by Crippen LogP contribution is 2.43. The molecule has 0 radical (unpaired) electrons. The Hall–Kier alpha value is -0.750. The lowest BCUT2D eigenvalue weighted by Gasteiger charge is -2.45. The van der Waals surface area contributed by atoms with Gasteiger partial charge in [-0.2, -0.15) is 18.2 Å². The van der Waals surface area contributed by atoms with E-state index in [1.54, 1.807) is 0 Å². The highest BCUT2D eigenvalue weighted by molar-refractivity contribution is 5.16. The van der Waals surface area contributed by atoms with E-state index in [1.165, 1.54) is 5.01 Å². The molecule has 0 spiro atoms. The van der Waals surface area contributed by atoms with Crippen LogP contribution in [0.15, 0.2) is 11.8 Å². The zero-order chi connectivity index (χ0) is 12.9. The highest BCUT2D eigenvalue weighted by Gasteiger charge is 2.57. The standard InChI is InChI=1S/C12H18F3N3/c1-2-7-6-10-16-9-5-3-4-8(9)11(12(13,14)15)18(10)17-7/h6,8-11,16-17H,2-5H2,1H3/t8-,9+,10?,11-/m0/s1. The summed E-state index contributed by atoms with van der Waals surface area (Å²) in [7, 11) is 0. The summed E-state index contributed by atoms with van der Waals surface area (Å²) < 4.78 is 39.9. The Morgan fingerprint density at radius 2 is 2.17 bits per heavy atom. The summed E-state index contributed by atoms with van der Waals surface area (Å²) in [5.41, 5.74) is 3.80. The maximum absolute atomic E-state index is 13.3. The van der Waals surface area contributed by atoms with E-state index in [1.807, 2.05) is 13.0 Å². The average molecular weight is 261 g/mol. The van der Waals surface area contributed by atoms with Gasteiger partial charge in [0.1, 0.15) is 6.04 Å². The Morgan fingerprint density at radius 3 is 2.83 bits per heavy atom. The van der Waals surface area contributed by atoms with Crippen molar-refractivity contribution in [2.24, 2.45) is 5.92 Å². The normalized spacial score (nSPS) is 40.1. The van der Waals surface area contributed by atoms with Crippen LogP contribution in [-0.4, -0.2) is 29.4 Å². The van der Waals surface area contributed by atoms with Crippen molar-refractivity contribution in [3.63, 3.8) is 0 Å². The molecule has 0 aromatic carbocycles. The number of fused-ring (bicyclic) bond motifs is 2. The van der Waals surface area contributed by atoms with Gasteiger partial charge in [0.25, 0.3) is 0 Å². The molecule has 1 saturated heterocycles. The van der Waals surface area contributed by atoms with Crippen LogP contribution in [0.3, 0.4) is 0 Å². The fourth-order valence-electron chi connectivity index (χ4n) is 3.51. The van der Waals surface area contributed by atoms with E-state index in [0.29, 0.717) is 6.42 Å². The summed E-state index contributed by atoms with van der Waals surface area (Å²) in [6.45, 7) is 1.95. The summed E-state index contributed by atoms with van der Waals surface area (Å²) in [6, 6.07) is -1.36. The Bertz CT molecular complexity index is 366. The van der Waals surface area contributed by atoms with Gasteiger partial charge < -0.3 is 5.43 Å². The van der Waals surface area contributed by atoms with Gasteiger partial charge in [-0.05, 0) is 25.3 Å². The van der Waals surface area contributed by atoms with Crippen molar-refractivity contribution >= 4 is 0 Å². The fraction of sp³-hybridized carbons (Fsp3) is 0.833. The molecule has 2 aliphatic heterocycles. The number of hydrazine groups is 1. The molecule has 0 aromatic rings. The second-order valence-corrected chi connectivity index (χ2v) is 5.36. The van der Waals surface area contributed by atoms with Crippen LogP contribution in [0, 0.1) is 5.92 Å². The van der Waals surface area contributed by atoms with Gasteiger partial charge in [0.15, 0.2) is 0 Å². The number of hydrogen-bond acceptors (Lipinski definition) is 3. The second-order valence-electron chi connectivity index (χ2n) is 5.36. The molecule has 1 aliphatic carbocycles. The Balaban J connectivity index is 1.90. The Kier molecular flexibility index (Phi) is 2.82. The molecule has 2 N–H and O–H groups in total. The van der Waals surface area contributed by atoms with Gasteiger partial charge in [-0.15, -0.1) is 0 Å². The first-order chi connectivity index (χ1) is 8.50. The lowest BCUT2D eigenvalue weighted by atomic mass is 9.90. The van der Waals surface area contributed by atoms with Crippen molar-refractivity contribution in [3.8, 4) is 0 Å². The third-order valence-electron chi connectivity index (χ3n) is 4.31. The smallest absolute Gasteiger partial charge is 0.321 e. The summed E-state index contributed by atoms with van der Waals surface area (Å²) in [4.78, 5) is 0. The minimum Gasteiger partial charge on any atom is -0.321 e. The first kappa shape index (κ1) is 12.3. The third-order valence-corrected chi connectivity index (χ3v) is 4.31. The van der Waals surface area contributed by atoms with Gasteiger partial charge in [0.2, 0.25) is 0 Å². The van der Waals surface area contributed by atoms with E-state index in [0.717, 1.165) is 25.0 Å². The molecule has 3 nitrogen and oxygen atoms in total. The second kappa shape index (κ2) is 4.13. The van der Waals surface area contributed by atoms with Crippen molar-refractivity contribution in [1.82, 2.24) is 15.8 Å². The monoisotopic (exact) mass is 261 g/mol. The van der Waals surface area contributed by atoms with Crippen molar-refractivity contribution in [2.45, 2.75) is 57.0 Å². The molecule has 2 heterocycles. The molecular formula is C12H18F3N3. The van der Waals surface area contributed by atoms with Crippen molar-refractivity contribution in [2.75, 3.05) is 0 Å². The zero-order valence-electron chi connectivity index (χ0n) is 10.3. The Labute approximate surface area is 104 Å². The fourth-order valence-corrected chi connectivity index (χ4v) is 3.51. The first-order valence-corrected chi connectivity index (χ1v) is 6.59. The van der Waals surface area contributed by atoms with E-state index in [2.05, 4.69) is 10.7 Å². The number of hydrogen-bond donors (Lipinski definition) is 2. The quantitative estimate of drug-likeness (QED) is 0.757. The van der Waals surface area contributed by atoms with Crippen LogP contribution in [-0.2, 0) is 0 Å². The van der Waals surface area contributed by atoms with Crippen molar-refractivity contribution < 1.29 is 13.2 Å². The molecular weight excluding hydrogens is 243 g/mol. The lowest BCUT2D eigenvalue weighted by molar-refractivity contribution is -0.220. The molecule has 1 unspecified atom stereocenters. The van der Waals surface area contributed by atoms with E-state index in [-0.39, 0.29) is 18.1 Å². The van der Waals surface area contributed by atoms with Crippen LogP contribution in [0.25, 0.3) is 0 Å². The van der Waals surface area contributed by atoms with Crippen LogP contribution in [0.1, 0.15) is 32.6 Å². The number of rotatable bonds is 1. The van der Waals surface area contributed by atoms with E-state index in [9.17, 15) is 13.2 Å². The molecule has 0 aromatic heterocycles. The van der Waals surface area contributed by atoms with E-state index >= 15 is 0 Å². The molecule has 2 fully saturated rings. The van der Waals surface area contributed by atoms with Crippen LogP contribution in [0.4, 0.5) is 13.2 Å². The number of alkyl halides is 3. The third kappa shape index (κ3) is 1.82. The summed E-state index contributed by atoms with van der Waals surface area (Å²) >= 11 is 0. The molecule has 0 amide bonds. The predicted molar refractivity (Wildman–Crippen MR) is 61.2 cm³/mol. The Morgan fingerprint density at radius 1 is 1.39 bits per heavy atom. The highest BCUT2D eigenvalue weighted by atomic mass is 19.4. The topological polar surface area (TPSA) is 27.3 Å². The summed E-state index contributed by atoms with van der Waals surface area (Å²) in [5.74, 6) is -0.321. The van der Waals surface area contributed by atoms with Crippen LogP contribution >= 0.6 is 0 Å². The predicted octanol–water partition coefficient (Wildman–Crippen LogP) is 2.13. The number of allylic oxidation sites excluding steroid dienone is 1. The molecule has 0 bridgehead atoms. The summed E-state index contributed by atoms with van der Waals surface area (Å²) in [5, 5.41) is 4.70. The number of halogens is 3. The molecule has 18 heavy (non-hydrogen) atoms. The van der Waals surface area contributed by atoms with Crippen molar-refractivity contribution in [3.05, 3.63) is 11.8 Å². The molecule has 3 aliphatic rings. The minimum atomic E-state index is -4.17. The number of nitrogens with one attached hydrogen (secondary N) is 2. The molecule has 3 rings (SSSR count). The number of nitrogens with zero attached hydrogens (tertiary/aromatic N) is 1. The van der Waals surface area contributed by atoms with Gasteiger partial charge in [-0.25, -0.2) is 0 Å². The molecule has 4 atom stereocenters. The van der Waals surface area contributed by atoms with Gasteiger partial charge in [0.05, 0.1) is 6.17 Å². The van der Waals surface area contributed by atoms with E-state index < -0.39 is 12.2 Å². The van der Waals surface area contributed by atoms with Gasteiger partial charge in [0, 0.05) is 17.7 Å². The summed E-state index contributed by atoms with van der Waals surface area (Å²) in [6.07, 6.45) is 0.538. The molecule has 6 heteroatoms. The van der Waals surface area contributed by atoms with Gasteiger partial charge in [-0.3, -0.25) is 5.32 Å². The van der Waals surface area contributed by atoms with E-state index in [4.69, 9.17) is 0 Å². The average Bonchev–Trinajstić information content (AvgIpc) is 2.87. The van der Waals surface area contributed by atoms with Crippen LogP contribution < -0.4 is 10.7 Å². The van der Waals surface area contributed by atoms with Gasteiger partial charge in [-0.1, -0.05) is 13.3 Å². The minimum absolute atomic E-state index is 0.00660. The SMILES string of the molecule is CCC1=CC2N[C@@H]3CCC[C@@H]3[C@@H](C(F)(F)F)N2N1. The molecule has 1 saturated carbocycles. The first-order valence-electron chi connectivity index (χ1n) is 6.59. The maximum atomic E-state index is 13.3. The molecule has 102 valence electrons. The van der Waals surface area contributed by atoms with Gasteiger partial charge >= 0.3 is 6.18 Å². The zero-order valence-corrected chi connectivity index (χ0v) is 10.3. The maximum Gasteiger partial charge on any atom is 0.406 e. The van der Waals surface area contributed by atoms with Crippen molar-refractivity contribution in [1.29, 1.82) is 0 Å². The van der Waals surface area contributed by atoms with Crippen LogP contribution in [0.5, 0.6) is 0 Å². The lowest BCUT2D eigenvalue weighted by Crippen LogP contribution is -2.67.